The topological polar surface area (TPSA) is 62.7 Å². The van der Waals surface area contributed by atoms with Gasteiger partial charge in [-0.1, -0.05) is 6.07 Å². The zero-order valence-electron chi connectivity index (χ0n) is 12.7. The Morgan fingerprint density at radius 2 is 2.09 bits per heavy atom. The molecule has 0 radical (unpaired) electrons. The number of carboxylic acids is 1. The lowest BCUT2D eigenvalue weighted by Gasteiger charge is -2.38. The fourth-order valence-corrected chi connectivity index (χ4v) is 2.71. The minimum absolute atomic E-state index is 0.0526. The minimum Gasteiger partial charge on any atom is -0.481 e. The van der Waals surface area contributed by atoms with Crippen molar-refractivity contribution in [1.82, 2.24) is 9.88 Å². The normalized spacial score (nSPS) is 18.4. The maximum atomic E-state index is 13.1. The van der Waals surface area contributed by atoms with E-state index in [-0.39, 0.29) is 12.8 Å². The predicted molar refractivity (Wildman–Crippen MR) is 76.1 cm³/mol. The number of alkyl halides is 2. The standard InChI is InChI=1S/C15H20F2N2O3/c1-10-3-4-11(18-12(10)22-2)9-19-7-5-15(6-8-19,13(16)17)14(20)21/h3-4,13H,5-9H2,1-2H3,(H,20,21). The maximum Gasteiger partial charge on any atom is 0.315 e. The number of aliphatic carboxylic acids is 1. The summed E-state index contributed by atoms with van der Waals surface area (Å²) in [6.45, 7) is 3.01. The predicted octanol–water partition coefficient (Wildman–Crippen LogP) is 2.33. The summed E-state index contributed by atoms with van der Waals surface area (Å²) in [7, 11) is 1.55. The largest absolute Gasteiger partial charge is 0.481 e. The molecule has 2 rings (SSSR count). The van der Waals surface area contributed by atoms with Crippen molar-refractivity contribution in [2.45, 2.75) is 32.7 Å². The summed E-state index contributed by atoms with van der Waals surface area (Å²) in [6, 6.07) is 3.76. The van der Waals surface area contributed by atoms with Gasteiger partial charge >= 0.3 is 5.97 Å². The molecule has 1 N–H and O–H groups in total. The number of halogens is 2. The smallest absolute Gasteiger partial charge is 0.315 e. The van der Waals surface area contributed by atoms with Crippen LogP contribution < -0.4 is 4.74 Å². The number of methoxy groups -OCH3 is 1. The van der Waals surface area contributed by atoms with Crippen molar-refractivity contribution in [3.05, 3.63) is 23.4 Å². The van der Waals surface area contributed by atoms with Crippen LogP contribution in [0.2, 0.25) is 0 Å². The summed E-state index contributed by atoms with van der Waals surface area (Å²) in [4.78, 5) is 17.5. The molecule has 0 aliphatic carbocycles. The van der Waals surface area contributed by atoms with Gasteiger partial charge < -0.3 is 9.84 Å². The Balaban J connectivity index is 2.02. The summed E-state index contributed by atoms with van der Waals surface area (Å²) in [5.74, 6) is -0.862. The second kappa shape index (κ2) is 6.56. The monoisotopic (exact) mass is 314 g/mol. The zero-order chi connectivity index (χ0) is 16.3. The van der Waals surface area contributed by atoms with E-state index in [0.29, 0.717) is 25.5 Å². The number of carbonyl (C=O) groups is 1. The molecule has 0 aromatic carbocycles. The van der Waals surface area contributed by atoms with Crippen LogP contribution in [0.15, 0.2) is 12.1 Å². The van der Waals surface area contributed by atoms with Crippen LogP contribution in [0.5, 0.6) is 5.88 Å². The van der Waals surface area contributed by atoms with Crippen LogP contribution in [0, 0.1) is 12.3 Å². The highest BCUT2D eigenvalue weighted by atomic mass is 19.3. The van der Waals surface area contributed by atoms with Crippen LogP contribution in [0.3, 0.4) is 0 Å². The second-order valence-electron chi connectivity index (χ2n) is 5.67. The molecule has 0 atom stereocenters. The molecule has 0 unspecified atom stereocenters. The van der Waals surface area contributed by atoms with Crippen LogP contribution in [0.25, 0.3) is 0 Å². The lowest BCUT2D eigenvalue weighted by molar-refractivity contribution is -0.165. The number of piperidine rings is 1. The van der Waals surface area contributed by atoms with Crippen LogP contribution >= 0.6 is 0 Å². The van der Waals surface area contributed by atoms with Gasteiger partial charge in [-0.2, -0.15) is 0 Å². The number of aromatic nitrogens is 1. The number of rotatable bonds is 5. The molecule has 1 saturated heterocycles. The summed E-state index contributed by atoms with van der Waals surface area (Å²) in [5.41, 5.74) is -0.204. The molecule has 122 valence electrons. The second-order valence-corrected chi connectivity index (χ2v) is 5.67. The van der Waals surface area contributed by atoms with E-state index in [1.54, 1.807) is 7.11 Å². The van der Waals surface area contributed by atoms with Gasteiger partial charge in [-0.15, -0.1) is 0 Å². The first-order valence-electron chi connectivity index (χ1n) is 7.13. The Kier molecular flexibility index (Phi) is 4.95. The van der Waals surface area contributed by atoms with Gasteiger partial charge in [0.2, 0.25) is 5.88 Å². The molecular weight excluding hydrogens is 294 g/mol. The lowest BCUT2D eigenvalue weighted by Crippen LogP contribution is -2.48. The molecule has 22 heavy (non-hydrogen) atoms. The van der Waals surface area contributed by atoms with Gasteiger partial charge in [-0.05, 0) is 38.9 Å². The van der Waals surface area contributed by atoms with Crippen molar-refractivity contribution in [3.63, 3.8) is 0 Å². The molecule has 0 amide bonds. The van der Waals surface area contributed by atoms with E-state index in [4.69, 9.17) is 9.84 Å². The van der Waals surface area contributed by atoms with Gasteiger partial charge in [0.05, 0.1) is 12.8 Å². The number of likely N-dealkylation sites (tertiary alicyclic amines) is 1. The molecular formula is C15H20F2N2O3. The van der Waals surface area contributed by atoms with Crippen molar-refractivity contribution in [3.8, 4) is 5.88 Å². The van der Waals surface area contributed by atoms with E-state index in [0.717, 1.165) is 11.3 Å². The Labute approximate surface area is 127 Å². The van der Waals surface area contributed by atoms with Crippen molar-refractivity contribution in [1.29, 1.82) is 0 Å². The first kappa shape index (κ1) is 16.6. The summed E-state index contributed by atoms with van der Waals surface area (Å²) in [6.07, 6.45) is -2.95. The lowest BCUT2D eigenvalue weighted by atomic mass is 9.78. The molecule has 1 aliphatic heterocycles. The van der Waals surface area contributed by atoms with Gasteiger partial charge in [-0.3, -0.25) is 9.69 Å². The van der Waals surface area contributed by atoms with Crippen LogP contribution in [0.4, 0.5) is 8.78 Å². The SMILES string of the molecule is COc1nc(CN2CCC(C(=O)O)(C(F)F)CC2)ccc1C. The third-order valence-electron chi connectivity index (χ3n) is 4.28. The third kappa shape index (κ3) is 3.19. The number of ether oxygens (including phenoxy) is 1. The molecule has 1 aromatic rings. The van der Waals surface area contributed by atoms with E-state index >= 15 is 0 Å². The van der Waals surface area contributed by atoms with E-state index in [1.807, 2.05) is 24.0 Å². The molecule has 2 heterocycles. The highest BCUT2D eigenvalue weighted by Gasteiger charge is 2.49. The van der Waals surface area contributed by atoms with E-state index < -0.39 is 17.8 Å². The van der Waals surface area contributed by atoms with Crippen molar-refractivity contribution in [2.75, 3.05) is 20.2 Å². The molecule has 1 fully saturated rings. The molecule has 5 nitrogen and oxygen atoms in total. The fourth-order valence-electron chi connectivity index (χ4n) is 2.71. The van der Waals surface area contributed by atoms with Crippen LogP contribution in [-0.4, -0.2) is 47.6 Å². The highest BCUT2D eigenvalue weighted by Crippen LogP contribution is 2.38. The van der Waals surface area contributed by atoms with Crippen molar-refractivity contribution >= 4 is 5.97 Å². The van der Waals surface area contributed by atoms with E-state index in [2.05, 4.69) is 4.98 Å². The molecule has 0 saturated carbocycles. The number of carboxylic acid groups (broad SMARTS) is 1. The van der Waals surface area contributed by atoms with Gasteiger partial charge in [-0.25, -0.2) is 13.8 Å². The van der Waals surface area contributed by atoms with Crippen molar-refractivity contribution in [2.24, 2.45) is 5.41 Å². The van der Waals surface area contributed by atoms with E-state index in [9.17, 15) is 13.6 Å². The average Bonchev–Trinajstić information content (AvgIpc) is 2.49. The number of aryl methyl sites for hydroxylation is 1. The van der Waals surface area contributed by atoms with Gasteiger partial charge in [0.15, 0.2) is 0 Å². The van der Waals surface area contributed by atoms with Crippen LogP contribution in [-0.2, 0) is 11.3 Å². The Hall–Kier alpha value is -1.76. The van der Waals surface area contributed by atoms with Gasteiger partial charge in [0.25, 0.3) is 6.43 Å². The van der Waals surface area contributed by atoms with Crippen LogP contribution in [0.1, 0.15) is 24.1 Å². The Bertz CT molecular complexity index is 544. The van der Waals surface area contributed by atoms with E-state index in [1.165, 1.54) is 0 Å². The molecule has 0 spiro atoms. The molecule has 0 bridgehead atoms. The summed E-state index contributed by atoms with van der Waals surface area (Å²) >= 11 is 0. The third-order valence-corrected chi connectivity index (χ3v) is 4.28. The van der Waals surface area contributed by atoms with Gasteiger partial charge in [0, 0.05) is 12.1 Å². The number of pyridine rings is 1. The number of hydrogen-bond acceptors (Lipinski definition) is 4. The Morgan fingerprint density at radius 3 is 2.59 bits per heavy atom. The minimum atomic E-state index is -2.84. The first-order chi connectivity index (χ1) is 10.4. The first-order valence-corrected chi connectivity index (χ1v) is 7.13. The fraction of sp³-hybridized carbons (Fsp3) is 0.600. The average molecular weight is 314 g/mol. The molecule has 7 heteroatoms. The number of hydrogen-bond donors (Lipinski definition) is 1. The van der Waals surface area contributed by atoms with Gasteiger partial charge in [0.1, 0.15) is 5.41 Å². The zero-order valence-corrected chi connectivity index (χ0v) is 12.7. The Morgan fingerprint density at radius 1 is 1.45 bits per heavy atom. The molecule has 1 aromatic heterocycles. The summed E-state index contributed by atoms with van der Waals surface area (Å²) < 4.78 is 31.4. The summed E-state index contributed by atoms with van der Waals surface area (Å²) in [5, 5.41) is 9.11. The highest BCUT2D eigenvalue weighted by molar-refractivity contribution is 5.75. The number of nitrogens with zero attached hydrogens (tertiary/aromatic N) is 2. The van der Waals surface area contributed by atoms with Crippen molar-refractivity contribution < 1.29 is 23.4 Å². The quantitative estimate of drug-likeness (QED) is 0.904. The molecule has 1 aliphatic rings. The maximum absolute atomic E-state index is 13.1.